The molecule has 0 bridgehead atoms. The molecule has 0 fully saturated rings. The second kappa shape index (κ2) is 5.83. The largest absolute Gasteiger partial charge is 0.294 e. The van der Waals surface area contributed by atoms with Gasteiger partial charge in [-0.2, -0.15) is 0 Å². The summed E-state index contributed by atoms with van der Waals surface area (Å²) in [5.41, 5.74) is 1.70. The Morgan fingerprint density at radius 1 is 0.947 bits per heavy atom. The van der Waals surface area contributed by atoms with E-state index in [0.717, 1.165) is 18.4 Å². The molecule has 98 valence electrons. The smallest absolute Gasteiger partial charge is 0.169 e. The molecule has 2 rings (SSSR count). The van der Waals surface area contributed by atoms with Crippen molar-refractivity contribution in [3.05, 3.63) is 71.8 Å². The van der Waals surface area contributed by atoms with Gasteiger partial charge in [-0.15, -0.1) is 0 Å². The highest BCUT2D eigenvalue weighted by Gasteiger charge is 2.31. The summed E-state index contributed by atoms with van der Waals surface area (Å²) in [4.78, 5) is 12.7. The Balaban J connectivity index is 2.25. The van der Waals surface area contributed by atoms with E-state index < -0.39 is 0 Å². The molecule has 0 heterocycles. The van der Waals surface area contributed by atoms with Crippen LogP contribution in [-0.2, 0) is 6.42 Å². The van der Waals surface area contributed by atoms with Crippen LogP contribution < -0.4 is 0 Å². The lowest BCUT2D eigenvalue weighted by Gasteiger charge is -2.27. The number of hydrogen-bond acceptors (Lipinski definition) is 1. The fourth-order valence-corrected chi connectivity index (χ4v) is 2.35. The first-order valence-corrected chi connectivity index (χ1v) is 6.79. The molecule has 0 aliphatic carbocycles. The molecular weight excluding hydrogens is 232 g/mol. The SMILES string of the molecule is CCC(C)(Cc1ccccc1)C(=O)c1ccccc1. The number of ketones is 1. The van der Waals surface area contributed by atoms with Crippen LogP contribution in [0.5, 0.6) is 0 Å². The number of hydrogen-bond donors (Lipinski definition) is 0. The third-order valence-electron chi connectivity index (χ3n) is 3.80. The second-order valence-corrected chi connectivity index (χ2v) is 5.27. The number of rotatable bonds is 5. The third kappa shape index (κ3) is 3.11. The van der Waals surface area contributed by atoms with Crippen molar-refractivity contribution >= 4 is 5.78 Å². The fraction of sp³-hybridized carbons (Fsp3) is 0.278. The number of carbonyl (C=O) groups is 1. The molecule has 0 aliphatic heterocycles. The minimum atomic E-state index is -0.331. The molecule has 1 atom stereocenters. The lowest BCUT2D eigenvalue weighted by Crippen LogP contribution is -2.29. The van der Waals surface area contributed by atoms with E-state index in [2.05, 4.69) is 26.0 Å². The summed E-state index contributed by atoms with van der Waals surface area (Å²) >= 11 is 0. The summed E-state index contributed by atoms with van der Waals surface area (Å²) in [6, 6.07) is 19.8. The third-order valence-corrected chi connectivity index (χ3v) is 3.80. The number of Topliss-reactive ketones (excluding diaryl/α,β-unsaturated/α-hetero) is 1. The van der Waals surface area contributed by atoms with Crippen LogP contribution in [-0.4, -0.2) is 5.78 Å². The van der Waals surface area contributed by atoms with Gasteiger partial charge < -0.3 is 0 Å². The van der Waals surface area contributed by atoms with Crippen LogP contribution in [0.1, 0.15) is 36.2 Å². The normalized spacial score (nSPS) is 13.8. The van der Waals surface area contributed by atoms with Crippen LogP contribution >= 0.6 is 0 Å². The monoisotopic (exact) mass is 252 g/mol. The lowest BCUT2D eigenvalue weighted by atomic mass is 9.75. The molecule has 1 nitrogen and oxygen atoms in total. The topological polar surface area (TPSA) is 17.1 Å². The number of carbonyl (C=O) groups excluding carboxylic acids is 1. The molecule has 19 heavy (non-hydrogen) atoms. The molecule has 1 heteroatoms. The predicted molar refractivity (Wildman–Crippen MR) is 79.3 cm³/mol. The lowest BCUT2D eigenvalue weighted by molar-refractivity contribution is 0.0808. The van der Waals surface area contributed by atoms with Crippen molar-refractivity contribution in [2.75, 3.05) is 0 Å². The molecule has 0 saturated carbocycles. The second-order valence-electron chi connectivity index (χ2n) is 5.27. The maximum absolute atomic E-state index is 12.7. The van der Waals surface area contributed by atoms with E-state index in [0.29, 0.717) is 0 Å². The number of benzene rings is 2. The average Bonchev–Trinajstić information content (AvgIpc) is 2.48. The maximum Gasteiger partial charge on any atom is 0.169 e. The molecule has 0 radical (unpaired) electrons. The van der Waals surface area contributed by atoms with Crippen LogP contribution in [0, 0.1) is 5.41 Å². The minimum absolute atomic E-state index is 0.236. The zero-order valence-electron chi connectivity index (χ0n) is 11.6. The summed E-state index contributed by atoms with van der Waals surface area (Å²) in [7, 11) is 0. The Morgan fingerprint density at radius 2 is 1.47 bits per heavy atom. The summed E-state index contributed by atoms with van der Waals surface area (Å²) in [6.07, 6.45) is 1.63. The molecule has 0 aliphatic rings. The first kappa shape index (κ1) is 13.5. The summed E-state index contributed by atoms with van der Waals surface area (Å²) in [5.74, 6) is 0.236. The fourth-order valence-electron chi connectivity index (χ4n) is 2.35. The van der Waals surface area contributed by atoms with E-state index in [1.807, 2.05) is 48.5 Å². The Morgan fingerprint density at radius 3 is 2.00 bits per heavy atom. The van der Waals surface area contributed by atoms with Gasteiger partial charge in [0.15, 0.2) is 5.78 Å². The van der Waals surface area contributed by atoms with Gasteiger partial charge in [0.25, 0.3) is 0 Å². The zero-order chi connectivity index (χ0) is 13.7. The van der Waals surface area contributed by atoms with Gasteiger partial charge in [0.2, 0.25) is 0 Å². The molecule has 1 unspecified atom stereocenters. The van der Waals surface area contributed by atoms with Crippen LogP contribution in [0.3, 0.4) is 0 Å². The Bertz CT molecular complexity index is 530. The van der Waals surface area contributed by atoms with Crippen molar-refractivity contribution in [3.63, 3.8) is 0 Å². The minimum Gasteiger partial charge on any atom is -0.294 e. The van der Waals surface area contributed by atoms with Gasteiger partial charge in [0.1, 0.15) is 0 Å². The van der Waals surface area contributed by atoms with Crippen molar-refractivity contribution in [1.82, 2.24) is 0 Å². The summed E-state index contributed by atoms with van der Waals surface area (Å²) in [6.45, 7) is 4.15. The Kier molecular flexibility index (Phi) is 4.16. The molecule has 2 aromatic carbocycles. The predicted octanol–water partition coefficient (Wildman–Crippen LogP) is 4.53. The highest BCUT2D eigenvalue weighted by atomic mass is 16.1. The van der Waals surface area contributed by atoms with Crippen LogP contribution in [0.2, 0.25) is 0 Å². The van der Waals surface area contributed by atoms with E-state index in [4.69, 9.17) is 0 Å². The quantitative estimate of drug-likeness (QED) is 0.715. The van der Waals surface area contributed by atoms with Gasteiger partial charge in [0, 0.05) is 11.0 Å². The van der Waals surface area contributed by atoms with Gasteiger partial charge in [-0.1, -0.05) is 74.5 Å². The summed E-state index contributed by atoms with van der Waals surface area (Å²) < 4.78 is 0. The van der Waals surface area contributed by atoms with Gasteiger partial charge in [-0.05, 0) is 18.4 Å². The van der Waals surface area contributed by atoms with E-state index >= 15 is 0 Å². The van der Waals surface area contributed by atoms with Gasteiger partial charge in [0.05, 0.1) is 0 Å². The molecule has 0 spiro atoms. The van der Waals surface area contributed by atoms with E-state index in [1.54, 1.807) is 0 Å². The van der Waals surface area contributed by atoms with Crippen molar-refractivity contribution in [3.8, 4) is 0 Å². The van der Waals surface area contributed by atoms with Crippen LogP contribution in [0.15, 0.2) is 60.7 Å². The Labute approximate surface area is 115 Å². The van der Waals surface area contributed by atoms with Crippen LogP contribution in [0.25, 0.3) is 0 Å². The molecule has 0 N–H and O–H groups in total. The Hall–Kier alpha value is -1.89. The van der Waals surface area contributed by atoms with E-state index in [1.165, 1.54) is 5.56 Å². The van der Waals surface area contributed by atoms with Crippen molar-refractivity contribution in [2.45, 2.75) is 26.7 Å². The molecule has 0 saturated heterocycles. The summed E-state index contributed by atoms with van der Waals surface area (Å²) in [5, 5.41) is 0. The van der Waals surface area contributed by atoms with Crippen molar-refractivity contribution in [1.29, 1.82) is 0 Å². The first-order valence-electron chi connectivity index (χ1n) is 6.79. The van der Waals surface area contributed by atoms with Crippen LogP contribution in [0.4, 0.5) is 0 Å². The van der Waals surface area contributed by atoms with E-state index in [-0.39, 0.29) is 11.2 Å². The molecule has 0 amide bonds. The van der Waals surface area contributed by atoms with Crippen molar-refractivity contribution < 1.29 is 4.79 Å². The van der Waals surface area contributed by atoms with Crippen molar-refractivity contribution in [2.24, 2.45) is 5.41 Å². The van der Waals surface area contributed by atoms with Gasteiger partial charge in [-0.3, -0.25) is 4.79 Å². The first-order chi connectivity index (χ1) is 9.15. The van der Waals surface area contributed by atoms with Gasteiger partial charge in [-0.25, -0.2) is 0 Å². The highest BCUT2D eigenvalue weighted by Crippen LogP contribution is 2.30. The average molecular weight is 252 g/mol. The van der Waals surface area contributed by atoms with Gasteiger partial charge >= 0.3 is 0 Å². The molecule has 2 aromatic rings. The zero-order valence-corrected chi connectivity index (χ0v) is 11.6. The highest BCUT2D eigenvalue weighted by molar-refractivity contribution is 6.00. The molecular formula is C18H20O. The standard InChI is InChI=1S/C18H20O/c1-3-18(2,14-15-10-6-4-7-11-15)17(19)16-12-8-5-9-13-16/h4-13H,3,14H2,1-2H3. The maximum atomic E-state index is 12.7. The van der Waals surface area contributed by atoms with E-state index in [9.17, 15) is 4.79 Å². The molecule has 0 aromatic heterocycles.